The molecule has 1 heterocycles. The lowest BCUT2D eigenvalue weighted by atomic mass is 10.1. The fourth-order valence-electron chi connectivity index (χ4n) is 2.32. The normalized spacial score (nSPS) is 11.9. The van der Waals surface area contributed by atoms with E-state index in [4.69, 9.17) is 9.47 Å². The van der Waals surface area contributed by atoms with Gasteiger partial charge in [-0.3, -0.25) is 9.59 Å². The van der Waals surface area contributed by atoms with Crippen molar-refractivity contribution in [3.05, 3.63) is 53.1 Å². The molecule has 2 aromatic carbocycles. The van der Waals surface area contributed by atoms with Gasteiger partial charge in [0.2, 0.25) is 12.7 Å². The lowest BCUT2D eigenvalue weighted by molar-refractivity contribution is -0.115. The van der Waals surface area contributed by atoms with Crippen LogP contribution in [0.3, 0.4) is 0 Å². The van der Waals surface area contributed by atoms with E-state index in [0.29, 0.717) is 22.7 Å². The van der Waals surface area contributed by atoms with Crippen molar-refractivity contribution in [2.24, 2.45) is 0 Å². The van der Waals surface area contributed by atoms with Crippen LogP contribution in [0.15, 0.2) is 36.4 Å². The van der Waals surface area contributed by atoms with E-state index in [1.165, 1.54) is 0 Å². The minimum Gasteiger partial charge on any atom is -0.454 e. The second kappa shape index (κ2) is 6.62. The van der Waals surface area contributed by atoms with Crippen molar-refractivity contribution in [1.82, 2.24) is 5.32 Å². The summed E-state index contributed by atoms with van der Waals surface area (Å²) in [6.07, 6.45) is 0. The molecule has 0 unspecified atom stereocenters. The van der Waals surface area contributed by atoms with Gasteiger partial charge in [0.1, 0.15) is 0 Å². The standard InChI is InChI=1S/C18H18N2O4/c1-11-3-5-14(7-12(11)2)20-17(21)9-19-18(22)13-4-6-15-16(8-13)24-10-23-15/h3-8H,9-10H2,1-2H3,(H,19,22)(H,20,21). The highest BCUT2D eigenvalue weighted by Crippen LogP contribution is 2.32. The van der Waals surface area contributed by atoms with Crippen LogP contribution >= 0.6 is 0 Å². The van der Waals surface area contributed by atoms with Crippen LogP contribution in [-0.4, -0.2) is 25.2 Å². The number of aryl methyl sites for hydroxylation is 2. The molecule has 6 nitrogen and oxygen atoms in total. The summed E-state index contributed by atoms with van der Waals surface area (Å²) < 4.78 is 10.4. The average Bonchev–Trinajstić information content (AvgIpc) is 3.03. The summed E-state index contributed by atoms with van der Waals surface area (Å²) >= 11 is 0. The monoisotopic (exact) mass is 326 g/mol. The van der Waals surface area contributed by atoms with Gasteiger partial charge in [-0.15, -0.1) is 0 Å². The molecule has 2 N–H and O–H groups in total. The molecular weight excluding hydrogens is 308 g/mol. The minimum absolute atomic E-state index is 0.111. The van der Waals surface area contributed by atoms with Crippen LogP contribution in [0.4, 0.5) is 5.69 Å². The van der Waals surface area contributed by atoms with Crippen LogP contribution < -0.4 is 20.1 Å². The fraction of sp³-hybridized carbons (Fsp3) is 0.222. The third kappa shape index (κ3) is 3.48. The van der Waals surface area contributed by atoms with Gasteiger partial charge in [0, 0.05) is 11.3 Å². The number of anilines is 1. The Kier molecular flexibility index (Phi) is 4.37. The number of benzene rings is 2. The van der Waals surface area contributed by atoms with Crippen LogP contribution in [-0.2, 0) is 4.79 Å². The SMILES string of the molecule is Cc1ccc(NC(=O)CNC(=O)c2ccc3c(c2)OCO3)cc1C. The molecule has 0 atom stereocenters. The molecule has 0 radical (unpaired) electrons. The summed E-state index contributed by atoms with van der Waals surface area (Å²) in [4.78, 5) is 24.1. The molecule has 0 bridgehead atoms. The lowest BCUT2D eigenvalue weighted by Crippen LogP contribution is -2.32. The van der Waals surface area contributed by atoms with E-state index in [0.717, 1.165) is 11.1 Å². The predicted octanol–water partition coefficient (Wildman–Crippen LogP) is 2.40. The van der Waals surface area contributed by atoms with E-state index in [1.54, 1.807) is 18.2 Å². The number of fused-ring (bicyclic) bond motifs is 1. The summed E-state index contributed by atoms with van der Waals surface area (Å²) in [5.41, 5.74) is 3.37. The summed E-state index contributed by atoms with van der Waals surface area (Å²) in [5.74, 6) is 0.511. The van der Waals surface area contributed by atoms with Gasteiger partial charge in [-0.2, -0.15) is 0 Å². The summed E-state index contributed by atoms with van der Waals surface area (Å²) in [6, 6.07) is 10.6. The van der Waals surface area contributed by atoms with Crippen molar-refractivity contribution in [1.29, 1.82) is 0 Å². The molecular formula is C18H18N2O4. The first kappa shape index (κ1) is 15.9. The first-order valence-electron chi connectivity index (χ1n) is 7.58. The molecule has 2 aromatic rings. The van der Waals surface area contributed by atoms with Crippen molar-refractivity contribution >= 4 is 17.5 Å². The second-order valence-corrected chi connectivity index (χ2v) is 5.60. The maximum atomic E-state index is 12.1. The summed E-state index contributed by atoms with van der Waals surface area (Å²) in [7, 11) is 0. The third-order valence-electron chi connectivity index (χ3n) is 3.83. The smallest absolute Gasteiger partial charge is 0.251 e. The molecule has 24 heavy (non-hydrogen) atoms. The van der Waals surface area contributed by atoms with Gasteiger partial charge in [0.25, 0.3) is 5.91 Å². The number of carbonyl (C=O) groups is 2. The minimum atomic E-state index is -0.344. The number of nitrogens with one attached hydrogen (secondary N) is 2. The second-order valence-electron chi connectivity index (χ2n) is 5.60. The maximum absolute atomic E-state index is 12.1. The van der Waals surface area contributed by atoms with Gasteiger partial charge in [0.15, 0.2) is 11.5 Å². The van der Waals surface area contributed by atoms with Crippen molar-refractivity contribution in [2.75, 3.05) is 18.7 Å². The number of hydrogen-bond acceptors (Lipinski definition) is 4. The highest BCUT2D eigenvalue weighted by molar-refractivity contribution is 5.99. The predicted molar refractivity (Wildman–Crippen MR) is 89.4 cm³/mol. The molecule has 0 saturated heterocycles. The van der Waals surface area contributed by atoms with Gasteiger partial charge in [-0.25, -0.2) is 0 Å². The molecule has 0 spiro atoms. The van der Waals surface area contributed by atoms with Gasteiger partial charge in [-0.1, -0.05) is 6.07 Å². The Morgan fingerprint density at radius 3 is 2.58 bits per heavy atom. The van der Waals surface area contributed by atoms with E-state index in [-0.39, 0.29) is 25.2 Å². The molecule has 0 saturated carbocycles. The first-order valence-corrected chi connectivity index (χ1v) is 7.58. The summed E-state index contributed by atoms with van der Waals surface area (Å²) in [6.45, 7) is 4.03. The zero-order valence-corrected chi connectivity index (χ0v) is 13.5. The lowest BCUT2D eigenvalue weighted by Gasteiger charge is -2.09. The molecule has 2 amide bonds. The Morgan fingerprint density at radius 1 is 1.00 bits per heavy atom. The van der Waals surface area contributed by atoms with E-state index in [2.05, 4.69) is 10.6 Å². The van der Waals surface area contributed by atoms with Crippen molar-refractivity contribution in [3.8, 4) is 11.5 Å². The van der Waals surface area contributed by atoms with Crippen LogP contribution in [0, 0.1) is 13.8 Å². The highest BCUT2D eigenvalue weighted by atomic mass is 16.7. The summed E-state index contributed by atoms with van der Waals surface area (Å²) in [5, 5.41) is 5.35. The zero-order valence-electron chi connectivity index (χ0n) is 13.5. The first-order chi connectivity index (χ1) is 11.5. The van der Waals surface area contributed by atoms with E-state index in [1.807, 2.05) is 32.0 Å². The van der Waals surface area contributed by atoms with Crippen molar-refractivity contribution in [2.45, 2.75) is 13.8 Å². The molecule has 0 aromatic heterocycles. The van der Waals surface area contributed by atoms with Crippen LogP contribution in [0.25, 0.3) is 0 Å². The van der Waals surface area contributed by atoms with Crippen LogP contribution in [0.2, 0.25) is 0 Å². The molecule has 0 aliphatic carbocycles. The quantitative estimate of drug-likeness (QED) is 0.904. The molecule has 1 aliphatic rings. The molecule has 6 heteroatoms. The molecule has 3 rings (SSSR count). The Balaban J connectivity index is 1.55. The third-order valence-corrected chi connectivity index (χ3v) is 3.83. The van der Waals surface area contributed by atoms with Crippen molar-refractivity contribution in [3.63, 3.8) is 0 Å². The Morgan fingerprint density at radius 2 is 1.79 bits per heavy atom. The molecule has 0 fully saturated rings. The Bertz CT molecular complexity index is 802. The van der Waals surface area contributed by atoms with E-state index >= 15 is 0 Å². The van der Waals surface area contributed by atoms with Gasteiger partial charge in [0.05, 0.1) is 6.54 Å². The van der Waals surface area contributed by atoms with Crippen LogP contribution in [0.5, 0.6) is 11.5 Å². The van der Waals surface area contributed by atoms with Gasteiger partial charge in [-0.05, 0) is 55.3 Å². The maximum Gasteiger partial charge on any atom is 0.251 e. The Labute approximate surface area is 139 Å². The topological polar surface area (TPSA) is 76.7 Å². The van der Waals surface area contributed by atoms with E-state index < -0.39 is 0 Å². The van der Waals surface area contributed by atoms with E-state index in [9.17, 15) is 9.59 Å². The number of rotatable bonds is 4. The zero-order chi connectivity index (χ0) is 17.1. The van der Waals surface area contributed by atoms with Crippen molar-refractivity contribution < 1.29 is 19.1 Å². The fourth-order valence-corrected chi connectivity index (χ4v) is 2.32. The number of ether oxygens (including phenoxy) is 2. The van der Waals surface area contributed by atoms with Crippen LogP contribution in [0.1, 0.15) is 21.5 Å². The number of hydrogen-bond donors (Lipinski definition) is 2. The largest absolute Gasteiger partial charge is 0.454 e. The van der Waals surface area contributed by atoms with Gasteiger partial charge >= 0.3 is 0 Å². The number of amides is 2. The Hall–Kier alpha value is -3.02. The molecule has 1 aliphatic heterocycles. The highest BCUT2D eigenvalue weighted by Gasteiger charge is 2.16. The molecule has 124 valence electrons. The van der Waals surface area contributed by atoms with Gasteiger partial charge < -0.3 is 20.1 Å². The average molecular weight is 326 g/mol. The number of carbonyl (C=O) groups excluding carboxylic acids is 2.